The highest BCUT2D eigenvalue weighted by atomic mass is 16.2. The summed E-state index contributed by atoms with van der Waals surface area (Å²) in [6.45, 7) is 0. The maximum Gasteiger partial charge on any atom is 0.314 e. The van der Waals surface area contributed by atoms with E-state index >= 15 is 0 Å². The Labute approximate surface area is 113 Å². The minimum Gasteiger partial charge on any atom is -0.341 e. The zero-order valence-electron chi connectivity index (χ0n) is 11.4. The van der Waals surface area contributed by atoms with Gasteiger partial charge in [0.2, 0.25) is 0 Å². The lowest BCUT2D eigenvalue weighted by molar-refractivity contribution is -0.116. The molecule has 2 N–H and O–H groups in total. The molecule has 5 atom stereocenters. The van der Waals surface area contributed by atoms with Crippen molar-refractivity contribution in [1.82, 2.24) is 15.5 Å². The molecule has 1 saturated carbocycles. The predicted molar refractivity (Wildman–Crippen MR) is 71.7 cm³/mol. The molecule has 5 nitrogen and oxygen atoms in total. The summed E-state index contributed by atoms with van der Waals surface area (Å²) in [7, 11) is 3.76. The highest BCUT2D eigenvalue weighted by Gasteiger charge is 2.53. The molecule has 3 rings (SSSR count). The van der Waals surface area contributed by atoms with Crippen molar-refractivity contribution in [2.75, 3.05) is 14.1 Å². The molecule has 2 amide bonds. The first kappa shape index (κ1) is 12.7. The monoisotopic (exact) mass is 263 g/mol. The largest absolute Gasteiger partial charge is 0.341 e. The molecule has 2 aliphatic carbocycles. The summed E-state index contributed by atoms with van der Waals surface area (Å²) in [5.41, 5.74) is 0. The van der Waals surface area contributed by atoms with Crippen molar-refractivity contribution in [1.29, 1.82) is 0 Å². The van der Waals surface area contributed by atoms with Crippen LogP contribution < -0.4 is 10.6 Å². The highest BCUT2D eigenvalue weighted by molar-refractivity contribution is 5.91. The van der Waals surface area contributed by atoms with Crippen LogP contribution in [0.5, 0.6) is 0 Å². The van der Waals surface area contributed by atoms with E-state index in [4.69, 9.17) is 0 Å². The van der Waals surface area contributed by atoms with Crippen molar-refractivity contribution in [3.63, 3.8) is 0 Å². The summed E-state index contributed by atoms with van der Waals surface area (Å²) in [6, 6.07) is 0.814. The fourth-order valence-corrected chi connectivity index (χ4v) is 4.27. The molecule has 0 aromatic carbocycles. The van der Waals surface area contributed by atoms with Gasteiger partial charge < -0.3 is 10.6 Å². The van der Waals surface area contributed by atoms with Crippen LogP contribution in [-0.2, 0) is 4.79 Å². The lowest BCUT2D eigenvalue weighted by Gasteiger charge is -2.30. The zero-order valence-corrected chi connectivity index (χ0v) is 11.4. The number of carbonyl (C=O) groups excluding carboxylic acids is 2. The summed E-state index contributed by atoms with van der Waals surface area (Å²) in [4.78, 5) is 25.5. The lowest BCUT2D eigenvalue weighted by Crippen LogP contribution is -2.50. The van der Waals surface area contributed by atoms with E-state index in [0.717, 1.165) is 12.8 Å². The molecule has 104 valence electrons. The number of allylic oxidation sites excluding steroid dienone is 1. The van der Waals surface area contributed by atoms with Crippen LogP contribution in [0.2, 0.25) is 0 Å². The number of ketones is 1. The van der Waals surface area contributed by atoms with Gasteiger partial charge in [-0.1, -0.05) is 6.08 Å². The van der Waals surface area contributed by atoms with Crippen LogP contribution in [0, 0.1) is 11.8 Å². The number of carbonyl (C=O) groups is 2. The van der Waals surface area contributed by atoms with Gasteiger partial charge in [-0.2, -0.15) is 0 Å². The third kappa shape index (κ3) is 1.96. The van der Waals surface area contributed by atoms with E-state index < -0.39 is 0 Å². The van der Waals surface area contributed by atoms with Crippen LogP contribution in [0.4, 0.5) is 4.79 Å². The topological polar surface area (TPSA) is 61.4 Å². The van der Waals surface area contributed by atoms with Crippen molar-refractivity contribution >= 4 is 11.8 Å². The second-order valence-electron chi connectivity index (χ2n) is 5.91. The molecule has 1 aliphatic heterocycles. The average Bonchev–Trinajstić information content (AvgIpc) is 2.91. The third-order valence-corrected chi connectivity index (χ3v) is 5.05. The summed E-state index contributed by atoms with van der Waals surface area (Å²) >= 11 is 0. The Morgan fingerprint density at radius 3 is 2.89 bits per heavy atom. The van der Waals surface area contributed by atoms with Gasteiger partial charge in [0.05, 0.1) is 0 Å². The maximum atomic E-state index is 11.6. The van der Waals surface area contributed by atoms with Crippen LogP contribution in [0.25, 0.3) is 0 Å². The van der Waals surface area contributed by atoms with Gasteiger partial charge in [0.1, 0.15) is 0 Å². The van der Waals surface area contributed by atoms with E-state index in [1.807, 2.05) is 6.08 Å². The molecular weight excluding hydrogens is 242 g/mol. The molecule has 1 heterocycles. The second kappa shape index (κ2) is 4.63. The average molecular weight is 263 g/mol. The van der Waals surface area contributed by atoms with Gasteiger partial charge in [0.25, 0.3) is 0 Å². The SMILES string of the molecule is CNC(=O)NC1CCC2C3CC(=O)C=CC3N(C)C12. The number of nitrogens with one attached hydrogen (secondary N) is 2. The van der Waals surface area contributed by atoms with Crippen molar-refractivity contribution < 1.29 is 9.59 Å². The van der Waals surface area contributed by atoms with E-state index in [-0.39, 0.29) is 17.9 Å². The minimum absolute atomic E-state index is 0.111. The van der Waals surface area contributed by atoms with E-state index in [1.165, 1.54) is 0 Å². The fraction of sp³-hybridized carbons (Fsp3) is 0.714. The number of rotatable bonds is 1. The van der Waals surface area contributed by atoms with Gasteiger partial charge in [-0.25, -0.2) is 4.79 Å². The number of hydrogen-bond acceptors (Lipinski definition) is 3. The molecule has 19 heavy (non-hydrogen) atoms. The number of amides is 2. The Balaban J connectivity index is 1.79. The maximum absolute atomic E-state index is 11.6. The molecule has 0 spiro atoms. The lowest BCUT2D eigenvalue weighted by atomic mass is 9.81. The van der Waals surface area contributed by atoms with Crippen molar-refractivity contribution in [3.8, 4) is 0 Å². The van der Waals surface area contributed by atoms with Gasteiger partial charge in [0, 0.05) is 31.6 Å². The minimum atomic E-state index is -0.111. The molecule has 5 unspecified atom stereocenters. The summed E-state index contributed by atoms with van der Waals surface area (Å²) < 4.78 is 0. The van der Waals surface area contributed by atoms with E-state index in [9.17, 15) is 9.59 Å². The van der Waals surface area contributed by atoms with Gasteiger partial charge in [0.15, 0.2) is 5.78 Å². The Bertz CT molecular complexity index is 434. The number of fused-ring (bicyclic) bond motifs is 3. The molecule has 0 aromatic heterocycles. The standard InChI is InChI=1S/C14H21N3O2/c1-15-14(19)16-11-5-4-9-10-7-8(18)3-6-12(10)17(2)13(9)11/h3,6,9-13H,4-5,7H2,1-2H3,(H2,15,16,19). The second-order valence-corrected chi connectivity index (χ2v) is 5.91. The molecule has 0 bridgehead atoms. The summed E-state index contributed by atoms with van der Waals surface area (Å²) in [5, 5.41) is 5.67. The van der Waals surface area contributed by atoms with Crippen molar-refractivity contribution in [2.45, 2.75) is 37.4 Å². The zero-order chi connectivity index (χ0) is 13.6. The number of likely N-dealkylation sites (tertiary alicyclic amines) is 1. The van der Waals surface area contributed by atoms with Gasteiger partial charge in [-0.15, -0.1) is 0 Å². The Kier molecular flexibility index (Phi) is 3.09. The van der Waals surface area contributed by atoms with E-state index in [0.29, 0.717) is 30.3 Å². The first-order chi connectivity index (χ1) is 9.11. The van der Waals surface area contributed by atoms with Crippen LogP contribution in [-0.4, -0.2) is 48.9 Å². The van der Waals surface area contributed by atoms with Crippen LogP contribution in [0.3, 0.4) is 0 Å². The predicted octanol–water partition coefficient (Wildman–Crippen LogP) is 0.522. The summed E-state index contributed by atoms with van der Waals surface area (Å²) in [5.74, 6) is 1.22. The van der Waals surface area contributed by atoms with Crippen molar-refractivity contribution in [3.05, 3.63) is 12.2 Å². The smallest absolute Gasteiger partial charge is 0.314 e. The van der Waals surface area contributed by atoms with Gasteiger partial charge in [-0.3, -0.25) is 9.69 Å². The number of nitrogens with zero attached hydrogens (tertiary/aromatic N) is 1. The van der Waals surface area contributed by atoms with Gasteiger partial charge in [-0.05, 0) is 37.8 Å². The summed E-state index contributed by atoms with van der Waals surface area (Å²) in [6.07, 6.45) is 6.55. The van der Waals surface area contributed by atoms with Crippen LogP contribution >= 0.6 is 0 Å². The fourth-order valence-electron chi connectivity index (χ4n) is 4.27. The number of urea groups is 1. The van der Waals surface area contributed by atoms with E-state index in [1.54, 1.807) is 13.1 Å². The van der Waals surface area contributed by atoms with Crippen LogP contribution in [0.1, 0.15) is 19.3 Å². The first-order valence-electron chi connectivity index (χ1n) is 7.03. The highest BCUT2D eigenvalue weighted by Crippen LogP contribution is 2.47. The van der Waals surface area contributed by atoms with Gasteiger partial charge >= 0.3 is 6.03 Å². The van der Waals surface area contributed by atoms with Crippen molar-refractivity contribution in [2.24, 2.45) is 11.8 Å². The molecular formula is C14H21N3O2. The Morgan fingerprint density at radius 2 is 2.16 bits per heavy atom. The molecule has 3 aliphatic rings. The molecule has 1 saturated heterocycles. The molecule has 2 fully saturated rings. The Morgan fingerprint density at radius 1 is 1.37 bits per heavy atom. The quantitative estimate of drug-likeness (QED) is 0.725. The Hall–Kier alpha value is -1.36. The third-order valence-electron chi connectivity index (χ3n) is 5.05. The number of likely N-dealkylation sites (N-methyl/N-ethyl adjacent to an activating group) is 1. The molecule has 0 radical (unpaired) electrons. The van der Waals surface area contributed by atoms with Crippen LogP contribution in [0.15, 0.2) is 12.2 Å². The molecule has 0 aromatic rings. The first-order valence-corrected chi connectivity index (χ1v) is 7.03. The van der Waals surface area contributed by atoms with E-state index in [2.05, 4.69) is 22.6 Å². The normalized spacial score (nSPS) is 40.9. The number of hydrogen-bond donors (Lipinski definition) is 2. The molecule has 5 heteroatoms.